The third kappa shape index (κ3) is 1.59. The molecule has 1 aliphatic carbocycles. The van der Waals surface area contributed by atoms with Gasteiger partial charge in [-0.05, 0) is 26.2 Å². The van der Waals surface area contributed by atoms with Crippen LogP contribution in [0.3, 0.4) is 0 Å². The Labute approximate surface area is 85.0 Å². The van der Waals surface area contributed by atoms with E-state index in [2.05, 4.69) is 29.1 Å². The maximum absolute atomic E-state index is 4.56. The van der Waals surface area contributed by atoms with Gasteiger partial charge >= 0.3 is 0 Å². The Morgan fingerprint density at radius 3 is 2.79 bits per heavy atom. The molecule has 0 fully saturated rings. The van der Waals surface area contributed by atoms with Gasteiger partial charge in [0.25, 0.3) is 0 Å². The monoisotopic (exact) mass is 191 g/mol. The molecule has 0 radical (unpaired) electrons. The molecule has 0 bridgehead atoms. The maximum Gasteiger partial charge on any atom is 0.133 e. The molecule has 1 aromatic rings. The molecular formula is C11H17N3. The van der Waals surface area contributed by atoms with Gasteiger partial charge in [0, 0.05) is 24.2 Å². The zero-order valence-electron chi connectivity index (χ0n) is 8.93. The minimum atomic E-state index is 0.922. The van der Waals surface area contributed by atoms with Gasteiger partial charge in [-0.3, -0.25) is 0 Å². The van der Waals surface area contributed by atoms with Crippen LogP contribution >= 0.6 is 0 Å². The average Bonchev–Trinajstić information content (AvgIpc) is 2.66. The van der Waals surface area contributed by atoms with Crippen LogP contribution in [0.5, 0.6) is 0 Å². The van der Waals surface area contributed by atoms with Crippen LogP contribution in [0, 0.1) is 0 Å². The van der Waals surface area contributed by atoms with Crippen molar-refractivity contribution >= 4 is 5.82 Å². The normalized spacial score (nSPS) is 14.1. The summed E-state index contributed by atoms with van der Waals surface area (Å²) < 4.78 is 0. The van der Waals surface area contributed by atoms with Gasteiger partial charge in [0.05, 0.1) is 0 Å². The van der Waals surface area contributed by atoms with Crippen molar-refractivity contribution in [2.24, 2.45) is 0 Å². The number of rotatable bonds is 3. The lowest BCUT2D eigenvalue weighted by atomic mass is 10.2. The molecule has 1 N–H and O–H groups in total. The molecule has 0 amide bonds. The summed E-state index contributed by atoms with van der Waals surface area (Å²) >= 11 is 0. The van der Waals surface area contributed by atoms with E-state index in [1.54, 1.807) is 0 Å². The van der Waals surface area contributed by atoms with E-state index >= 15 is 0 Å². The summed E-state index contributed by atoms with van der Waals surface area (Å²) in [5, 5.41) is 3.33. The van der Waals surface area contributed by atoms with Gasteiger partial charge in [0.2, 0.25) is 0 Å². The van der Waals surface area contributed by atoms with Crippen LogP contribution in [0.25, 0.3) is 0 Å². The van der Waals surface area contributed by atoms with E-state index in [1.807, 2.05) is 0 Å². The minimum Gasteiger partial charge on any atom is -0.370 e. The summed E-state index contributed by atoms with van der Waals surface area (Å²) in [6.07, 6.45) is 4.42. The van der Waals surface area contributed by atoms with Crippen LogP contribution in [-0.2, 0) is 19.3 Å². The molecule has 0 spiro atoms. The zero-order chi connectivity index (χ0) is 9.97. The Hall–Kier alpha value is -1.12. The first-order valence-corrected chi connectivity index (χ1v) is 5.47. The van der Waals surface area contributed by atoms with Gasteiger partial charge in [-0.1, -0.05) is 6.92 Å². The van der Waals surface area contributed by atoms with Gasteiger partial charge in [-0.25, -0.2) is 9.97 Å². The number of hydrogen-bond acceptors (Lipinski definition) is 3. The fraction of sp³-hybridized carbons (Fsp3) is 0.636. The topological polar surface area (TPSA) is 37.8 Å². The molecule has 0 aliphatic heterocycles. The van der Waals surface area contributed by atoms with Gasteiger partial charge in [0.15, 0.2) is 0 Å². The van der Waals surface area contributed by atoms with Crippen molar-refractivity contribution in [2.75, 3.05) is 11.9 Å². The molecule has 3 nitrogen and oxygen atoms in total. The Kier molecular flexibility index (Phi) is 2.66. The molecule has 1 heterocycles. The highest BCUT2D eigenvalue weighted by molar-refractivity contribution is 5.48. The predicted molar refractivity (Wildman–Crippen MR) is 57.6 cm³/mol. The second-order valence-corrected chi connectivity index (χ2v) is 3.65. The minimum absolute atomic E-state index is 0.922. The van der Waals surface area contributed by atoms with Crippen molar-refractivity contribution in [1.29, 1.82) is 0 Å². The average molecular weight is 191 g/mol. The fourth-order valence-electron chi connectivity index (χ4n) is 1.96. The molecule has 1 aromatic heterocycles. The number of aromatic nitrogens is 2. The fourth-order valence-corrected chi connectivity index (χ4v) is 1.96. The van der Waals surface area contributed by atoms with E-state index in [0.717, 1.165) is 37.4 Å². The molecule has 0 saturated heterocycles. The van der Waals surface area contributed by atoms with E-state index in [-0.39, 0.29) is 0 Å². The highest BCUT2D eigenvalue weighted by Gasteiger charge is 2.18. The van der Waals surface area contributed by atoms with E-state index in [1.165, 1.54) is 17.7 Å². The highest BCUT2D eigenvalue weighted by Crippen LogP contribution is 2.26. The number of nitrogens with one attached hydrogen (secondary N) is 1. The Morgan fingerprint density at radius 1 is 1.21 bits per heavy atom. The summed E-state index contributed by atoms with van der Waals surface area (Å²) in [5.41, 5.74) is 2.62. The van der Waals surface area contributed by atoms with Crippen LogP contribution in [0.15, 0.2) is 0 Å². The maximum atomic E-state index is 4.56. The first-order valence-electron chi connectivity index (χ1n) is 5.47. The molecule has 0 aromatic carbocycles. The molecule has 0 atom stereocenters. The van der Waals surface area contributed by atoms with E-state index in [4.69, 9.17) is 0 Å². The lowest BCUT2D eigenvalue weighted by Crippen LogP contribution is -2.07. The van der Waals surface area contributed by atoms with Crippen LogP contribution in [0.1, 0.15) is 37.4 Å². The summed E-state index contributed by atoms with van der Waals surface area (Å²) in [6, 6.07) is 0. The van der Waals surface area contributed by atoms with Crippen LogP contribution in [-0.4, -0.2) is 16.5 Å². The largest absolute Gasteiger partial charge is 0.370 e. The molecule has 1 aliphatic rings. The summed E-state index contributed by atoms with van der Waals surface area (Å²) in [5.74, 6) is 2.05. The van der Waals surface area contributed by atoms with Crippen molar-refractivity contribution < 1.29 is 0 Å². The second-order valence-electron chi connectivity index (χ2n) is 3.65. The van der Waals surface area contributed by atoms with Crippen LogP contribution in [0.4, 0.5) is 5.82 Å². The zero-order valence-corrected chi connectivity index (χ0v) is 8.93. The lowest BCUT2D eigenvalue weighted by molar-refractivity contribution is 0.877. The summed E-state index contributed by atoms with van der Waals surface area (Å²) in [7, 11) is 0. The summed E-state index contributed by atoms with van der Waals surface area (Å²) in [4.78, 5) is 9.09. The quantitative estimate of drug-likeness (QED) is 0.793. The van der Waals surface area contributed by atoms with Crippen LogP contribution < -0.4 is 5.32 Å². The van der Waals surface area contributed by atoms with Crippen molar-refractivity contribution in [3.05, 3.63) is 17.1 Å². The second kappa shape index (κ2) is 3.95. The van der Waals surface area contributed by atoms with E-state index in [9.17, 15) is 0 Å². The standard InChI is InChI=1S/C11H17N3/c1-3-10-13-9-7-5-6-8(9)11(14-10)12-4-2/h3-7H2,1-2H3,(H,12,13,14). The number of anilines is 1. The Bertz CT molecular complexity index is 334. The summed E-state index contributed by atoms with van der Waals surface area (Å²) in [6.45, 7) is 5.15. The van der Waals surface area contributed by atoms with E-state index in [0.29, 0.717) is 0 Å². The van der Waals surface area contributed by atoms with Crippen molar-refractivity contribution in [3.8, 4) is 0 Å². The number of nitrogens with zero attached hydrogens (tertiary/aromatic N) is 2. The molecule has 3 heteroatoms. The van der Waals surface area contributed by atoms with Crippen molar-refractivity contribution in [3.63, 3.8) is 0 Å². The molecule has 0 unspecified atom stereocenters. The third-order valence-electron chi connectivity index (χ3n) is 2.64. The van der Waals surface area contributed by atoms with Crippen molar-refractivity contribution in [2.45, 2.75) is 39.5 Å². The van der Waals surface area contributed by atoms with Crippen molar-refractivity contribution in [1.82, 2.24) is 9.97 Å². The van der Waals surface area contributed by atoms with Gasteiger partial charge in [0.1, 0.15) is 11.6 Å². The highest BCUT2D eigenvalue weighted by atomic mass is 15.0. The number of aryl methyl sites for hydroxylation is 2. The molecule has 14 heavy (non-hydrogen) atoms. The molecule has 76 valence electrons. The molecular weight excluding hydrogens is 174 g/mol. The Morgan fingerprint density at radius 2 is 2.07 bits per heavy atom. The lowest BCUT2D eigenvalue weighted by Gasteiger charge is -2.09. The molecule has 2 rings (SSSR count). The third-order valence-corrected chi connectivity index (χ3v) is 2.64. The Balaban J connectivity index is 2.41. The van der Waals surface area contributed by atoms with Crippen LogP contribution in [0.2, 0.25) is 0 Å². The van der Waals surface area contributed by atoms with Gasteiger partial charge < -0.3 is 5.32 Å². The smallest absolute Gasteiger partial charge is 0.133 e. The SMILES string of the molecule is CCNc1nc(CC)nc2c1CCC2. The van der Waals surface area contributed by atoms with E-state index < -0.39 is 0 Å². The van der Waals surface area contributed by atoms with Gasteiger partial charge in [-0.2, -0.15) is 0 Å². The first-order chi connectivity index (χ1) is 6.85. The predicted octanol–water partition coefficient (Wildman–Crippen LogP) is 1.96. The number of hydrogen-bond donors (Lipinski definition) is 1. The number of fused-ring (bicyclic) bond motifs is 1. The van der Waals surface area contributed by atoms with Gasteiger partial charge in [-0.15, -0.1) is 0 Å². The first kappa shape index (κ1) is 9.44. The molecule has 0 saturated carbocycles.